The minimum Gasteiger partial charge on any atom is -0.0622 e. The molecular formula is C12H9I. The predicted molar refractivity (Wildman–Crippen MR) is 64.6 cm³/mol. The second-order valence-electron chi connectivity index (χ2n) is 2.19. The Kier molecular flexibility index (Phi) is 0.931. The molecule has 2 aromatic carbocycles. The topological polar surface area (TPSA) is 0 Å². The van der Waals surface area contributed by atoms with Crippen LogP contribution in [0.15, 0.2) is 54.4 Å². The summed E-state index contributed by atoms with van der Waals surface area (Å²) in [7, 11) is 0. The fourth-order valence-corrected chi connectivity index (χ4v) is 1.07. The van der Waals surface area contributed by atoms with Gasteiger partial charge in [-0.25, -0.2) is 0 Å². The molecule has 0 nitrogen and oxygen atoms in total. The average molecular weight is 289 g/mol. The SMILES string of the molecule is [2H]c1c([2H])c([2H])c(-c2c([2H])c([2H])c(I)c([2H])c2[2H])c([2H])c1[2H]. The van der Waals surface area contributed by atoms with Gasteiger partial charge in [-0.1, -0.05) is 42.3 Å². The highest BCUT2D eigenvalue weighted by atomic mass is 127. The second kappa shape index (κ2) is 3.92. The molecule has 0 aliphatic heterocycles. The third kappa shape index (κ3) is 2.10. The van der Waals surface area contributed by atoms with Gasteiger partial charge in [0.15, 0.2) is 0 Å². The second-order valence-corrected chi connectivity index (χ2v) is 3.27. The molecule has 0 radical (unpaired) electrons. The lowest BCUT2D eigenvalue weighted by molar-refractivity contribution is 1.59. The van der Waals surface area contributed by atoms with E-state index in [0.717, 1.165) is 0 Å². The molecule has 0 aromatic heterocycles. The molecule has 0 amide bonds. The molecule has 2 aromatic rings. The maximum atomic E-state index is 7.97. The van der Waals surface area contributed by atoms with E-state index in [-0.39, 0.29) is 26.8 Å². The van der Waals surface area contributed by atoms with Gasteiger partial charge in [0.25, 0.3) is 0 Å². The van der Waals surface area contributed by atoms with Crippen LogP contribution >= 0.6 is 22.6 Å². The van der Waals surface area contributed by atoms with E-state index in [1.54, 1.807) is 22.6 Å². The van der Waals surface area contributed by atoms with Gasteiger partial charge in [-0.15, -0.1) is 0 Å². The van der Waals surface area contributed by atoms with Crippen molar-refractivity contribution in [2.45, 2.75) is 0 Å². The van der Waals surface area contributed by atoms with Crippen molar-refractivity contribution in [1.82, 2.24) is 0 Å². The first kappa shape index (κ1) is 3.09. The van der Waals surface area contributed by atoms with Crippen LogP contribution in [0, 0.1) is 3.57 Å². The Morgan fingerprint density at radius 2 is 1.31 bits per heavy atom. The molecule has 0 heterocycles. The average Bonchev–Trinajstić information content (AvgIpc) is 2.50. The van der Waals surface area contributed by atoms with Crippen molar-refractivity contribution in [2.24, 2.45) is 0 Å². The van der Waals surface area contributed by atoms with E-state index in [0.29, 0.717) is 0 Å². The van der Waals surface area contributed by atoms with E-state index in [9.17, 15) is 0 Å². The summed E-state index contributed by atoms with van der Waals surface area (Å²) in [5.74, 6) is 0. The Balaban J connectivity index is 3.03. The standard InChI is InChI=1S/C12H9I/c13-12-8-6-11(7-9-12)10-4-2-1-3-5-10/h1-9H/i1D,2D,3D,4D,5D,6D,7D,8D,9D. The molecule has 0 unspecified atom stereocenters. The van der Waals surface area contributed by atoms with Crippen LogP contribution in [0.25, 0.3) is 11.1 Å². The van der Waals surface area contributed by atoms with Crippen molar-refractivity contribution < 1.29 is 12.3 Å². The Labute approximate surface area is 104 Å². The Hall–Kier alpha value is -0.830. The molecule has 0 atom stereocenters. The van der Waals surface area contributed by atoms with Crippen molar-refractivity contribution in [1.29, 1.82) is 0 Å². The third-order valence-electron chi connectivity index (χ3n) is 1.34. The predicted octanol–water partition coefficient (Wildman–Crippen LogP) is 3.96. The van der Waals surface area contributed by atoms with Crippen molar-refractivity contribution >= 4 is 22.6 Å². The van der Waals surface area contributed by atoms with Gasteiger partial charge in [0, 0.05) is 3.57 Å². The highest BCUT2D eigenvalue weighted by Crippen LogP contribution is 2.19. The summed E-state index contributed by atoms with van der Waals surface area (Å²) in [6.45, 7) is 0. The molecule has 0 saturated carbocycles. The lowest BCUT2D eigenvalue weighted by Crippen LogP contribution is -1.76. The minimum absolute atomic E-state index is 0.115. The van der Waals surface area contributed by atoms with Crippen molar-refractivity contribution in [3.63, 3.8) is 0 Å². The van der Waals surface area contributed by atoms with Crippen LogP contribution in [0.3, 0.4) is 0 Å². The van der Waals surface area contributed by atoms with Crippen molar-refractivity contribution in [2.75, 3.05) is 0 Å². The van der Waals surface area contributed by atoms with Crippen LogP contribution in [-0.4, -0.2) is 0 Å². The molecule has 0 saturated heterocycles. The molecule has 0 spiro atoms. The summed E-state index contributed by atoms with van der Waals surface area (Å²) in [4.78, 5) is 0. The molecule has 0 bridgehead atoms. The van der Waals surface area contributed by atoms with Gasteiger partial charge in [0.2, 0.25) is 0 Å². The highest BCUT2D eigenvalue weighted by molar-refractivity contribution is 14.1. The minimum atomic E-state index is -0.577. The van der Waals surface area contributed by atoms with Crippen LogP contribution in [0.2, 0.25) is 0 Å². The van der Waals surface area contributed by atoms with Crippen molar-refractivity contribution in [3.05, 3.63) is 58.0 Å². The van der Waals surface area contributed by atoms with Gasteiger partial charge < -0.3 is 0 Å². The van der Waals surface area contributed by atoms with Gasteiger partial charge in [-0.2, -0.15) is 0 Å². The van der Waals surface area contributed by atoms with Crippen LogP contribution < -0.4 is 0 Å². The van der Waals surface area contributed by atoms with Crippen molar-refractivity contribution in [3.8, 4) is 11.1 Å². The lowest BCUT2D eigenvalue weighted by Gasteiger charge is -2.00. The zero-order valence-corrected chi connectivity index (χ0v) is 8.54. The normalized spacial score (nSPS) is 19.6. The van der Waals surface area contributed by atoms with E-state index in [1.807, 2.05) is 0 Å². The highest BCUT2D eigenvalue weighted by Gasteiger charge is 1.94. The number of benzene rings is 2. The summed E-state index contributed by atoms with van der Waals surface area (Å²) in [5, 5.41) is 0. The van der Waals surface area contributed by atoms with E-state index in [4.69, 9.17) is 12.3 Å². The number of hydrogen-bond acceptors (Lipinski definition) is 0. The number of hydrogen-bond donors (Lipinski definition) is 0. The molecule has 2 rings (SSSR count). The van der Waals surface area contributed by atoms with Crippen LogP contribution in [-0.2, 0) is 0 Å². The molecule has 0 aliphatic carbocycles. The number of rotatable bonds is 1. The molecule has 0 N–H and O–H groups in total. The molecule has 64 valence electrons. The zero-order chi connectivity index (χ0) is 16.9. The van der Waals surface area contributed by atoms with Gasteiger partial charge in [0.05, 0.1) is 12.3 Å². The summed E-state index contributed by atoms with van der Waals surface area (Å²) in [6.07, 6.45) is 0. The van der Waals surface area contributed by atoms with E-state index >= 15 is 0 Å². The first-order chi connectivity index (χ1) is 10.1. The quantitative estimate of drug-likeness (QED) is 0.697. The Bertz CT molecular complexity index is 675. The summed E-state index contributed by atoms with van der Waals surface area (Å²) >= 11 is 1.68. The smallest absolute Gasteiger partial charge is 0.0622 e. The Morgan fingerprint density at radius 1 is 0.769 bits per heavy atom. The third-order valence-corrected chi connectivity index (χ3v) is 1.88. The maximum Gasteiger partial charge on any atom is 0.0634 e. The van der Waals surface area contributed by atoms with Crippen LogP contribution in [0.4, 0.5) is 0 Å². The summed E-state index contributed by atoms with van der Waals surface area (Å²) in [5.41, 5.74) is -0.605. The van der Waals surface area contributed by atoms with Gasteiger partial charge in [-0.3, -0.25) is 0 Å². The van der Waals surface area contributed by atoms with Gasteiger partial charge in [-0.05, 0) is 45.8 Å². The first-order valence-corrected chi connectivity index (χ1v) is 4.52. The summed E-state index contributed by atoms with van der Waals surface area (Å²) < 4.78 is 70.3. The molecule has 0 fully saturated rings. The molecule has 1 heteroatoms. The molecule has 13 heavy (non-hydrogen) atoms. The summed E-state index contributed by atoms with van der Waals surface area (Å²) in [6, 6.07) is -4.28. The van der Waals surface area contributed by atoms with Gasteiger partial charge >= 0.3 is 0 Å². The van der Waals surface area contributed by atoms with Crippen LogP contribution in [0.5, 0.6) is 0 Å². The molecule has 0 aliphatic rings. The fourth-order valence-electron chi connectivity index (χ4n) is 0.797. The van der Waals surface area contributed by atoms with E-state index in [1.165, 1.54) is 0 Å². The van der Waals surface area contributed by atoms with E-state index in [2.05, 4.69) is 0 Å². The first-order valence-electron chi connectivity index (χ1n) is 7.94. The van der Waals surface area contributed by atoms with E-state index < -0.39 is 42.3 Å². The fraction of sp³-hybridized carbons (Fsp3) is 0. The molecular weight excluding hydrogens is 271 g/mol. The zero-order valence-electron chi connectivity index (χ0n) is 15.4. The lowest BCUT2D eigenvalue weighted by atomic mass is 10.1. The number of halogens is 1. The van der Waals surface area contributed by atoms with Crippen LogP contribution in [0.1, 0.15) is 12.3 Å². The van der Waals surface area contributed by atoms with Gasteiger partial charge in [0.1, 0.15) is 0 Å². The maximum absolute atomic E-state index is 7.97. The monoisotopic (exact) mass is 289 g/mol. The Morgan fingerprint density at radius 3 is 1.92 bits per heavy atom. The largest absolute Gasteiger partial charge is 0.0634 e.